The molecule has 152 valence electrons. The van der Waals surface area contributed by atoms with Gasteiger partial charge in [-0.2, -0.15) is 0 Å². The maximum absolute atomic E-state index is 12.4. The monoisotopic (exact) mass is 417 g/mol. The number of aromatic nitrogens is 4. The summed E-state index contributed by atoms with van der Waals surface area (Å²) >= 11 is 1.38. The van der Waals surface area contributed by atoms with E-state index >= 15 is 0 Å². The quantitative estimate of drug-likeness (QED) is 0.457. The number of nitrogens with one attached hydrogen (secondary N) is 1. The van der Waals surface area contributed by atoms with Crippen LogP contribution in [-0.4, -0.2) is 31.0 Å². The zero-order valence-electron chi connectivity index (χ0n) is 16.9. The molecule has 1 N–H and O–H groups in total. The minimum Gasteiger partial charge on any atom is -0.354 e. The lowest BCUT2D eigenvalue weighted by Gasteiger charge is -2.11. The van der Waals surface area contributed by atoms with Gasteiger partial charge in [0.25, 0.3) is 0 Å². The van der Waals surface area contributed by atoms with Crippen molar-refractivity contribution in [1.82, 2.24) is 19.3 Å². The molecule has 7 heteroatoms. The minimum absolute atomic E-state index is 0.0737. The average molecular weight is 418 g/mol. The molecule has 0 spiro atoms. The van der Waals surface area contributed by atoms with Gasteiger partial charge in [0.1, 0.15) is 5.82 Å². The number of nitrogens with zero attached hydrogens (tertiary/aromatic N) is 4. The van der Waals surface area contributed by atoms with Gasteiger partial charge < -0.3 is 9.88 Å². The number of aryl methyl sites for hydroxylation is 2. The molecule has 1 amide bonds. The third kappa shape index (κ3) is 4.63. The number of carbonyl (C=O) groups is 1. The van der Waals surface area contributed by atoms with E-state index in [9.17, 15) is 4.79 Å². The number of hydrogen-bond acceptors (Lipinski definition) is 4. The Morgan fingerprint density at radius 2 is 1.77 bits per heavy atom. The van der Waals surface area contributed by atoms with Gasteiger partial charge >= 0.3 is 0 Å². The molecule has 30 heavy (non-hydrogen) atoms. The lowest BCUT2D eigenvalue weighted by Crippen LogP contribution is -2.14. The average Bonchev–Trinajstić information content (AvgIpc) is 3.35. The SMILES string of the molecule is Cc1ccc(NC(=O)CSc2nnc(Cc3cccn3C)n2-c2ccccc2)cc1. The van der Waals surface area contributed by atoms with Gasteiger partial charge in [-0.25, -0.2) is 0 Å². The summed E-state index contributed by atoms with van der Waals surface area (Å²) in [5, 5.41) is 12.4. The van der Waals surface area contributed by atoms with Gasteiger partial charge in [-0.15, -0.1) is 10.2 Å². The zero-order valence-corrected chi connectivity index (χ0v) is 17.8. The van der Waals surface area contributed by atoms with Crippen LogP contribution < -0.4 is 5.32 Å². The van der Waals surface area contributed by atoms with Gasteiger partial charge in [-0.05, 0) is 43.3 Å². The highest BCUT2D eigenvalue weighted by atomic mass is 32.2. The van der Waals surface area contributed by atoms with Crippen molar-refractivity contribution in [2.24, 2.45) is 7.05 Å². The molecule has 4 rings (SSSR count). The number of thioether (sulfide) groups is 1. The standard InChI is InChI=1S/C23H23N5OS/c1-17-10-12-18(13-11-17)24-22(29)16-30-23-26-25-21(15-20-9-6-14-27(20)2)28(23)19-7-4-3-5-8-19/h3-14H,15-16H2,1-2H3,(H,24,29). The number of hydrogen-bond donors (Lipinski definition) is 1. The Hall–Kier alpha value is -3.32. The van der Waals surface area contributed by atoms with E-state index in [4.69, 9.17) is 0 Å². The van der Waals surface area contributed by atoms with Crippen molar-refractivity contribution in [3.8, 4) is 5.69 Å². The molecule has 0 aliphatic rings. The molecule has 6 nitrogen and oxygen atoms in total. The molecule has 0 bridgehead atoms. The van der Waals surface area contributed by atoms with Crippen molar-refractivity contribution in [3.63, 3.8) is 0 Å². The maximum atomic E-state index is 12.4. The molecule has 2 aromatic carbocycles. The topological polar surface area (TPSA) is 64.7 Å². The summed E-state index contributed by atoms with van der Waals surface area (Å²) in [6.45, 7) is 2.02. The Morgan fingerprint density at radius 3 is 2.47 bits per heavy atom. The predicted octanol–water partition coefficient (Wildman–Crippen LogP) is 4.24. The second kappa shape index (κ2) is 9.00. The van der Waals surface area contributed by atoms with E-state index in [0.717, 1.165) is 28.5 Å². The van der Waals surface area contributed by atoms with Crippen molar-refractivity contribution in [2.75, 3.05) is 11.1 Å². The van der Waals surface area contributed by atoms with Crippen molar-refractivity contribution in [1.29, 1.82) is 0 Å². The second-order valence-electron chi connectivity index (χ2n) is 7.06. The van der Waals surface area contributed by atoms with Gasteiger partial charge in [0.05, 0.1) is 5.75 Å². The molecule has 4 aromatic rings. The normalized spacial score (nSPS) is 10.9. The molecule has 0 radical (unpaired) electrons. The number of amides is 1. The summed E-state index contributed by atoms with van der Waals surface area (Å²) in [4.78, 5) is 12.4. The first-order valence-corrected chi connectivity index (χ1v) is 10.7. The lowest BCUT2D eigenvalue weighted by atomic mass is 10.2. The predicted molar refractivity (Wildman–Crippen MR) is 120 cm³/mol. The van der Waals surface area contributed by atoms with E-state index in [1.807, 2.05) is 85.4 Å². The van der Waals surface area contributed by atoms with Crippen LogP contribution in [-0.2, 0) is 18.3 Å². The van der Waals surface area contributed by atoms with E-state index in [-0.39, 0.29) is 11.7 Å². The summed E-state index contributed by atoms with van der Waals surface area (Å²) in [6.07, 6.45) is 2.67. The Morgan fingerprint density at radius 1 is 1.00 bits per heavy atom. The number of para-hydroxylation sites is 1. The maximum Gasteiger partial charge on any atom is 0.234 e. The molecule has 0 aliphatic heterocycles. The number of carbonyl (C=O) groups excluding carboxylic acids is 1. The van der Waals surface area contributed by atoms with E-state index < -0.39 is 0 Å². The Kier molecular flexibility index (Phi) is 5.99. The van der Waals surface area contributed by atoms with E-state index in [0.29, 0.717) is 11.6 Å². The van der Waals surface area contributed by atoms with Gasteiger partial charge in [-0.3, -0.25) is 9.36 Å². The van der Waals surface area contributed by atoms with Crippen LogP contribution in [0.4, 0.5) is 5.69 Å². The van der Waals surface area contributed by atoms with Gasteiger partial charge in [0.15, 0.2) is 5.16 Å². The molecule has 0 saturated heterocycles. The first kappa shape index (κ1) is 20.0. The summed E-state index contributed by atoms with van der Waals surface area (Å²) < 4.78 is 4.10. The van der Waals surface area contributed by atoms with Gasteiger partial charge in [0.2, 0.25) is 5.91 Å². The molecule has 0 saturated carbocycles. The second-order valence-corrected chi connectivity index (χ2v) is 8.00. The zero-order chi connectivity index (χ0) is 20.9. The first-order valence-electron chi connectivity index (χ1n) is 9.69. The fourth-order valence-corrected chi connectivity index (χ4v) is 3.92. The highest BCUT2D eigenvalue weighted by molar-refractivity contribution is 7.99. The van der Waals surface area contributed by atoms with Crippen LogP contribution in [0, 0.1) is 6.92 Å². The molecule has 0 unspecified atom stereocenters. The van der Waals surface area contributed by atoms with Crippen LogP contribution in [0.1, 0.15) is 17.1 Å². The minimum atomic E-state index is -0.0737. The van der Waals surface area contributed by atoms with Crippen molar-refractivity contribution >= 4 is 23.4 Å². The third-order valence-corrected chi connectivity index (χ3v) is 5.70. The summed E-state index contributed by atoms with van der Waals surface area (Å²) in [7, 11) is 2.02. The summed E-state index contributed by atoms with van der Waals surface area (Å²) in [6, 6.07) is 21.9. The fraction of sp³-hybridized carbons (Fsp3) is 0.174. The fourth-order valence-electron chi connectivity index (χ4n) is 3.15. The Bertz CT molecular complexity index is 1130. The van der Waals surface area contributed by atoms with Crippen LogP contribution in [0.3, 0.4) is 0 Å². The lowest BCUT2D eigenvalue weighted by molar-refractivity contribution is -0.113. The number of anilines is 1. The molecule has 0 aliphatic carbocycles. The Balaban J connectivity index is 1.53. The highest BCUT2D eigenvalue weighted by Gasteiger charge is 2.17. The van der Waals surface area contributed by atoms with E-state index in [1.165, 1.54) is 11.8 Å². The van der Waals surface area contributed by atoms with E-state index in [1.54, 1.807) is 0 Å². The van der Waals surface area contributed by atoms with Crippen LogP contribution >= 0.6 is 11.8 Å². The largest absolute Gasteiger partial charge is 0.354 e. The first-order chi connectivity index (χ1) is 14.6. The third-order valence-electron chi connectivity index (χ3n) is 4.77. The molecule has 0 atom stereocenters. The van der Waals surface area contributed by atoms with E-state index in [2.05, 4.69) is 26.1 Å². The van der Waals surface area contributed by atoms with Crippen LogP contribution in [0.5, 0.6) is 0 Å². The molecule has 2 aromatic heterocycles. The van der Waals surface area contributed by atoms with Crippen molar-refractivity contribution in [3.05, 3.63) is 90.0 Å². The summed E-state index contributed by atoms with van der Waals surface area (Å²) in [5.41, 5.74) is 4.07. The smallest absolute Gasteiger partial charge is 0.234 e. The van der Waals surface area contributed by atoms with Crippen molar-refractivity contribution in [2.45, 2.75) is 18.5 Å². The van der Waals surface area contributed by atoms with Gasteiger partial charge in [-0.1, -0.05) is 47.7 Å². The highest BCUT2D eigenvalue weighted by Crippen LogP contribution is 2.24. The molecule has 2 heterocycles. The van der Waals surface area contributed by atoms with Gasteiger partial charge in [0, 0.05) is 36.7 Å². The van der Waals surface area contributed by atoms with Crippen LogP contribution in [0.2, 0.25) is 0 Å². The Labute approximate surface area is 180 Å². The van der Waals surface area contributed by atoms with Crippen LogP contribution in [0.15, 0.2) is 78.1 Å². The van der Waals surface area contributed by atoms with Crippen molar-refractivity contribution < 1.29 is 4.79 Å². The molecular weight excluding hydrogens is 394 g/mol. The molecular formula is C23H23N5OS. The molecule has 0 fully saturated rings. The van der Waals surface area contributed by atoms with Crippen LogP contribution in [0.25, 0.3) is 5.69 Å². The number of rotatable bonds is 7. The summed E-state index contributed by atoms with van der Waals surface area (Å²) in [5.74, 6) is 1.02. The number of benzene rings is 2.